The van der Waals surface area contributed by atoms with E-state index in [1.807, 2.05) is 91.0 Å². The molecular weight excluding hydrogens is 639 g/mol. The van der Waals surface area contributed by atoms with Crippen LogP contribution >= 0.6 is 0 Å². The van der Waals surface area contributed by atoms with Gasteiger partial charge in [0.1, 0.15) is 22.7 Å². The molecule has 0 saturated heterocycles. The fraction of sp³-hybridized carbons (Fsp3) is 0. The summed E-state index contributed by atoms with van der Waals surface area (Å²) in [7, 11) is 0. The van der Waals surface area contributed by atoms with E-state index in [0.29, 0.717) is 17.5 Å². The maximum absolute atomic E-state index is 7.00. The third-order valence-electron chi connectivity index (χ3n) is 9.58. The Labute approximate surface area is 300 Å². The molecule has 244 valence electrons. The quantitative estimate of drug-likeness (QED) is 0.188. The van der Waals surface area contributed by atoms with Crippen molar-refractivity contribution in [3.63, 3.8) is 0 Å². The Hall–Kier alpha value is -7.11. The Balaban J connectivity index is 1.24. The van der Waals surface area contributed by atoms with Crippen LogP contribution in [0, 0.1) is 0 Å². The van der Waals surface area contributed by atoms with Crippen LogP contribution in [0.1, 0.15) is 11.1 Å². The molecule has 2 aromatic heterocycles. The van der Waals surface area contributed by atoms with Crippen molar-refractivity contribution in [3.05, 3.63) is 175 Å². The zero-order valence-electron chi connectivity index (χ0n) is 27.9. The molecule has 7 aromatic carbocycles. The van der Waals surface area contributed by atoms with Crippen molar-refractivity contribution in [1.29, 1.82) is 0 Å². The predicted molar refractivity (Wildman–Crippen MR) is 210 cm³/mol. The molecule has 0 fully saturated rings. The summed E-state index contributed by atoms with van der Waals surface area (Å²) in [6.45, 7) is 0. The molecule has 3 heterocycles. The van der Waals surface area contributed by atoms with Crippen molar-refractivity contribution in [1.82, 2.24) is 15.0 Å². The second-order valence-electron chi connectivity index (χ2n) is 12.8. The molecule has 5 nitrogen and oxygen atoms in total. The van der Waals surface area contributed by atoms with Crippen LogP contribution < -0.4 is 4.74 Å². The smallest absolute Gasteiger partial charge is 0.164 e. The minimum absolute atomic E-state index is 0.580. The molecule has 0 amide bonds. The molecule has 0 radical (unpaired) electrons. The average Bonchev–Trinajstić information content (AvgIpc) is 3.57. The normalized spacial score (nSPS) is 11.9. The van der Waals surface area contributed by atoms with E-state index in [4.69, 9.17) is 24.1 Å². The lowest BCUT2D eigenvalue weighted by atomic mass is 9.94. The average molecular weight is 668 g/mol. The van der Waals surface area contributed by atoms with Crippen molar-refractivity contribution in [2.75, 3.05) is 0 Å². The summed E-state index contributed by atoms with van der Waals surface area (Å²) in [6, 6.07) is 55.5. The molecule has 0 bridgehead atoms. The van der Waals surface area contributed by atoms with Gasteiger partial charge >= 0.3 is 0 Å². The maximum Gasteiger partial charge on any atom is 0.164 e. The van der Waals surface area contributed by atoms with Gasteiger partial charge in [0.05, 0.1) is 0 Å². The van der Waals surface area contributed by atoms with E-state index < -0.39 is 0 Å². The monoisotopic (exact) mass is 667 g/mol. The van der Waals surface area contributed by atoms with E-state index in [0.717, 1.165) is 83.5 Å². The third kappa shape index (κ3) is 5.24. The molecule has 0 atom stereocenters. The second kappa shape index (κ2) is 12.3. The summed E-state index contributed by atoms with van der Waals surface area (Å²) in [5, 5.41) is 2.03. The van der Waals surface area contributed by atoms with Gasteiger partial charge < -0.3 is 9.15 Å². The molecule has 1 aliphatic heterocycles. The molecule has 5 heteroatoms. The number of benzene rings is 7. The van der Waals surface area contributed by atoms with Gasteiger partial charge in [-0.05, 0) is 52.6 Å². The molecule has 10 rings (SSSR count). The number of rotatable bonds is 3. The number of furan rings is 1. The molecule has 0 N–H and O–H groups in total. The van der Waals surface area contributed by atoms with Crippen LogP contribution in [-0.2, 0) is 0 Å². The Morgan fingerprint density at radius 3 is 1.69 bits per heavy atom. The van der Waals surface area contributed by atoms with Gasteiger partial charge in [0.25, 0.3) is 0 Å². The first-order chi connectivity index (χ1) is 25.7. The lowest BCUT2D eigenvalue weighted by molar-refractivity contribution is 0.487. The minimum atomic E-state index is 0.580. The molecular formula is C47H29N3O2. The SMILES string of the molecule is C1=Cc2ccc(-c3nc(-c4ccccc4)nc(-c4ccccc4)n3)cc2-c2cc3oc4ccccc4c3cc2Oc2ccccc2-c2ccccc21. The number of ether oxygens (including phenoxy) is 1. The fourth-order valence-corrected chi connectivity index (χ4v) is 7.02. The molecule has 0 aliphatic carbocycles. The van der Waals surface area contributed by atoms with E-state index in [-0.39, 0.29) is 0 Å². The molecule has 0 saturated carbocycles. The van der Waals surface area contributed by atoms with Crippen LogP contribution in [0.2, 0.25) is 0 Å². The van der Waals surface area contributed by atoms with Gasteiger partial charge in [-0.1, -0.05) is 146 Å². The van der Waals surface area contributed by atoms with Crippen LogP contribution in [0.4, 0.5) is 0 Å². The van der Waals surface area contributed by atoms with Crippen LogP contribution in [0.25, 0.3) is 90.5 Å². The first-order valence-electron chi connectivity index (χ1n) is 17.3. The number of aromatic nitrogens is 3. The van der Waals surface area contributed by atoms with E-state index >= 15 is 0 Å². The summed E-state index contributed by atoms with van der Waals surface area (Å²) in [5.41, 5.74) is 10.4. The number of hydrogen-bond acceptors (Lipinski definition) is 5. The fourth-order valence-electron chi connectivity index (χ4n) is 7.02. The number of para-hydroxylation sites is 2. The van der Waals surface area contributed by atoms with Crippen molar-refractivity contribution in [3.8, 4) is 67.9 Å². The minimum Gasteiger partial charge on any atom is -0.456 e. The number of fused-ring (bicyclic) bond motifs is 9. The van der Waals surface area contributed by atoms with Gasteiger partial charge in [-0.2, -0.15) is 0 Å². The lowest BCUT2D eigenvalue weighted by Gasteiger charge is -2.17. The highest BCUT2D eigenvalue weighted by Gasteiger charge is 2.21. The third-order valence-corrected chi connectivity index (χ3v) is 9.58. The van der Waals surface area contributed by atoms with Crippen LogP contribution in [0.15, 0.2) is 168 Å². The standard InChI is InChI=1S/C47H29N3O2/c1-3-14-32(15-4-1)45-48-46(33-16-5-2-6-17-33)50-47(49-45)34-26-25-31-24-23-30-13-7-8-18-35(30)36-19-9-11-21-41(36)51-44-28-39-37-20-10-12-22-42(37)52-43(39)29-40(44)38(31)27-34/h1-29H. The van der Waals surface area contributed by atoms with Gasteiger partial charge in [0.2, 0.25) is 0 Å². The Kier molecular flexibility index (Phi) is 7.07. The van der Waals surface area contributed by atoms with Crippen molar-refractivity contribution < 1.29 is 9.15 Å². The van der Waals surface area contributed by atoms with Crippen molar-refractivity contribution in [2.45, 2.75) is 0 Å². The topological polar surface area (TPSA) is 61.0 Å². The van der Waals surface area contributed by atoms with E-state index in [1.165, 1.54) is 0 Å². The first kappa shape index (κ1) is 29.8. The largest absolute Gasteiger partial charge is 0.456 e. The van der Waals surface area contributed by atoms with Gasteiger partial charge in [-0.25, -0.2) is 15.0 Å². The lowest BCUT2D eigenvalue weighted by Crippen LogP contribution is -2.00. The molecule has 9 aromatic rings. The molecule has 0 unspecified atom stereocenters. The Bertz CT molecular complexity index is 2760. The van der Waals surface area contributed by atoms with Crippen molar-refractivity contribution in [2.24, 2.45) is 0 Å². The zero-order valence-corrected chi connectivity index (χ0v) is 27.9. The Morgan fingerprint density at radius 1 is 0.346 bits per heavy atom. The summed E-state index contributed by atoms with van der Waals surface area (Å²) >= 11 is 0. The van der Waals surface area contributed by atoms with E-state index in [1.54, 1.807) is 0 Å². The number of hydrogen-bond donors (Lipinski definition) is 0. The molecule has 52 heavy (non-hydrogen) atoms. The highest BCUT2D eigenvalue weighted by Crippen LogP contribution is 2.45. The van der Waals surface area contributed by atoms with Gasteiger partial charge in [-0.15, -0.1) is 0 Å². The van der Waals surface area contributed by atoms with Gasteiger partial charge in [0.15, 0.2) is 17.5 Å². The van der Waals surface area contributed by atoms with E-state index in [9.17, 15) is 0 Å². The summed E-state index contributed by atoms with van der Waals surface area (Å²) < 4.78 is 13.4. The Morgan fingerprint density at radius 2 is 0.942 bits per heavy atom. The summed E-state index contributed by atoms with van der Waals surface area (Å²) in [4.78, 5) is 15.0. The summed E-state index contributed by atoms with van der Waals surface area (Å²) in [5.74, 6) is 3.30. The highest BCUT2D eigenvalue weighted by molar-refractivity contribution is 6.07. The zero-order chi connectivity index (χ0) is 34.4. The number of nitrogens with zero attached hydrogens (tertiary/aromatic N) is 3. The van der Waals surface area contributed by atoms with Crippen LogP contribution in [0.3, 0.4) is 0 Å². The van der Waals surface area contributed by atoms with Gasteiger partial charge in [-0.3, -0.25) is 0 Å². The second-order valence-corrected chi connectivity index (χ2v) is 12.8. The summed E-state index contributed by atoms with van der Waals surface area (Å²) in [6.07, 6.45) is 4.36. The first-order valence-corrected chi connectivity index (χ1v) is 17.3. The maximum atomic E-state index is 7.00. The predicted octanol–water partition coefficient (Wildman–Crippen LogP) is 12.4. The van der Waals surface area contributed by atoms with E-state index in [2.05, 4.69) is 84.9 Å². The highest BCUT2D eigenvalue weighted by atomic mass is 16.5. The van der Waals surface area contributed by atoms with Gasteiger partial charge in [0, 0.05) is 38.6 Å². The van der Waals surface area contributed by atoms with Crippen LogP contribution in [-0.4, -0.2) is 15.0 Å². The van der Waals surface area contributed by atoms with Crippen LogP contribution in [0.5, 0.6) is 11.5 Å². The molecule has 1 aliphatic rings. The molecule has 0 spiro atoms. The van der Waals surface area contributed by atoms with Crippen molar-refractivity contribution >= 4 is 34.1 Å².